The molecule has 10 rings (SSSR count). The van der Waals surface area contributed by atoms with E-state index in [1.54, 1.807) is 0 Å². The number of hydrogen-bond donors (Lipinski definition) is 0. The molecule has 0 aromatic heterocycles. The molecule has 0 nitrogen and oxygen atoms in total. The summed E-state index contributed by atoms with van der Waals surface area (Å²) in [7, 11) is 17.7. The summed E-state index contributed by atoms with van der Waals surface area (Å²) in [5, 5.41) is 10.3. The van der Waals surface area contributed by atoms with Crippen LogP contribution in [0, 0.1) is 0 Å². The van der Waals surface area contributed by atoms with Gasteiger partial charge in [0, 0.05) is 0 Å². The molecule has 274 valence electrons. The number of benzene rings is 8. The van der Waals surface area contributed by atoms with E-state index in [2.05, 4.69) is 181 Å². The average Bonchev–Trinajstić information content (AvgIpc) is 3.83. The van der Waals surface area contributed by atoms with Crippen LogP contribution in [-0.2, 0) is 11.6 Å². The molecule has 2 aliphatic carbocycles. The Morgan fingerprint density at radius 2 is 0.821 bits per heavy atom. The minimum absolute atomic E-state index is 0.0758. The molecule has 4 heteroatoms. The van der Waals surface area contributed by atoms with Crippen molar-refractivity contribution < 1.29 is 11.6 Å². The first-order chi connectivity index (χ1) is 27.2. The van der Waals surface area contributed by atoms with Crippen molar-refractivity contribution >= 4 is 86.8 Å². The zero-order valence-electron chi connectivity index (χ0n) is 32.3. The quantitative estimate of drug-likeness (QED) is 0.115. The summed E-state index contributed by atoms with van der Waals surface area (Å²) in [4.78, 5) is 5.04. The van der Waals surface area contributed by atoms with Gasteiger partial charge in [-0.05, 0) is 0 Å². The minimum atomic E-state index is -4.90. The van der Waals surface area contributed by atoms with Crippen LogP contribution >= 0.6 is 17.0 Å². The van der Waals surface area contributed by atoms with Gasteiger partial charge in [0.1, 0.15) is 0 Å². The predicted molar refractivity (Wildman–Crippen MR) is 245 cm³/mol. The van der Waals surface area contributed by atoms with Crippen LogP contribution in [0.4, 0.5) is 0 Å². The van der Waals surface area contributed by atoms with E-state index in [1.165, 1.54) is 98.7 Å². The second-order valence-corrected chi connectivity index (χ2v) is 86.5. The zero-order valence-corrected chi connectivity index (χ0v) is 39.2. The molecule has 0 radical (unpaired) electrons. The topological polar surface area (TPSA) is 0 Å². The Morgan fingerprint density at radius 1 is 0.446 bits per heavy atom. The Bertz CT molecular complexity index is 2900. The van der Waals surface area contributed by atoms with Gasteiger partial charge in [-0.15, -0.1) is 0 Å². The second-order valence-electron chi connectivity index (χ2n) is 16.2. The summed E-state index contributed by atoms with van der Waals surface area (Å²) in [6, 6.07) is 54.1. The molecule has 2 aliphatic rings. The zero-order chi connectivity index (χ0) is 38.4. The maximum atomic E-state index is 8.87. The van der Waals surface area contributed by atoms with Gasteiger partial charge >= 0.3 is 343 Å². The fraction of sp³-hybridized carbons (Fsp3) is 0.154. The van der Waals surface area contributed by atoms with Gasteiger partial charge in [-0.25, -0.2) is 0 Å². The van der Waals surface area contributed by atoms with Gasteiger partial charge in [0.15, 0.2) is 0 Å². The van der Waals surface area contributed by atoms with Crippen molar-refractivity contribution in [3.05, 3.63) is 179 Å². The van der Waals surface area contributed by atoms with Gasteiger partial charge in [-0.1, -0.05) is 0 Å². The van der Waals surface area contributed by atoms with E-state index in [-0.39, 0.29) is 7.25 Å². The molecule has 8 aromatic carbocycles. The Labute approximate surface area is 340 Å². The van der Waals surface area contributed by atoms with E-state index in [0.29, 0.717) is 0 Å². The molecule has 0 N–H and O–H groups in total. The number of halogens is 2. The van der Waals surface area contributed by atoms with Gasteiger partial charge in [-0.3, -0.25) is 0 Å². The Kier molecular flexibility index (Phi) is 9.11. The molecule has 2 unspecified atom stereocenters. The van der Waals surface area contributed by atoms with E-state index in [4.69, 9.17) is 17.0 Å². The van der Waals surface area contributed by atoms with Gasteiger partial charge in [-0.2, -0.15) is 0 Å². The van der Waals surface area contributed by atoms with Crippen LogP contribution in [0.15, 0.2) is 157 Å². The third-order valence-corrected chi connectivity index (χ3v) is 104. The summed E-state index contributed by atoms with van der Waals surface area (Å²) < 4.78 is 0.152. The summed E-state index contributed by atoms with van der Waals surface area (Å²) >= 11 is -7.38. The van der Waals surface area contributed by atoms with Crippen LogP contribution in [0.2, 0.25) is 9.88 Å². The predicted octanol–water partition coefficient (Wildman–Crippen LogP) is 16.3. The van der Waals surface area contributed by atoms with Crippen molar-refractivity contribution in [2.45, 2.75) is 43.8 Å². The number of allylic oxidation sites excluding steroid dienone is 2. The maximum absolute atomic E-state index is 8.87. The summed E-state index contributed by atoms with van der Waals surface area (Å²) in [6.45, 7) is 4.63. The SMILES string of the molecule is CCC1=Cc2c(-c3cc4ccccc4c4ccccc34)cccc2[CH]1[Zr]([Cl])([Cl])([CH]1C(CC)=Cc2c(-c3cc4ccccc4c4ccccc34)cccc21)=[Sn]([CH3])[CH3]. The standard InChI is InChI=1S/2C25H19.2CH3.2ClH.Sn.Zr/c2*1-2-17-14-18-9-7-13-23(24(18)15-17)25-16-19-8-3-4-10-20(19)21-11-5-6-12-22(21)25;;;;;;/h2*3-16H,2H2,1H3;2*1H3;2*1H;;/q;;;;;;;+2/p-2. The number of rotatable bonds is 6. The number of hydrogen-bond acceptors (Lipinski definition) is 0. The van der Waals surface area contributed by atoms with E-state index in [0.717, 1.165) is 12.8 Å². The Balaban J connectivity index is 1.20. The summed E-state index contributed by atoms with van der Waals surface area (Å²) in [6.07, 6.45) is 6.88. The van der Waals surface area contributed by atoms with Gasteiger partial charge < -0.3 is 0 Å². The molecular weight excluding hydrogens is 905 g/mol. The van der Waals surface area contributed by atoms with Crippen molar-refractivity contribution in [2.75, 3.05) is 0 Å². The van der Waals surface area contributed by atoms with Crippen LogP contribution in [0.25, 0.3) is 77.5 Å². The third kappa shape index (κ3) is 5.33. The first-order valence-corrected chi connectivity index (χ1v) is 44.6. The first kappa shape index (κ1) is 36.9. The molecule has 0 aliphatic heterocycles. The Morgan fingerprint density at radius 3 is 1.21 bits per heavy atom. The van der Waals surface area contributed by atoms with E-state index in [9.17, 15) is 0 Å². The van der Waals surface area contributed by atoms with Crippen LogP contribution in [0.1, 0.15) is 56.2 Å². The molecule has 8 aromatic rings. The van der Waals surface area contributed by atoms with Crippen molar-refractivity contribution in [3.63, 3.8) is 0 Å². The van der Waals surface area contributed by atoms with Gasteiger partial charge in [0.05, 0.1) is 0 Å². The van der Waals surface area contributed by atoms with Gasteiger partial charge in [0.25, 0.3) is 0 Å². The summed E-state index contributed by atoms with van der Waals surface area (Å²) in [5.74, 6) is 0. The van der Waals surface area contributed by atoms with E-state index in [1.807, 2.05) is 0 Å². The van der Waals surface area contributed by atoms with Crippen molar-refractivity contribution in [3.8, 4) is 22.3 Å². The van der Waals surface area contributed by atoms with Gasteiger partial charge in [0.2, 0.25) is 0 Å². The van der Waals surface area contributed by atoms with Crippen LogP contribution < -0.4 is 0 Å². The van der Waals surface area contributed by atoms with Crippen LogP contribution in [0.5, 0.6) is 0 Å². The molecule has 0 saturated heterocycles. The monoisotopic (exact) mass is 948 g/mol. The molecule has 0 amide bonds. The number of fused-ring (bicyclic) bond motifs is 8. The Hall–Kier alpha value is -3.46. The molecule has 0 heterocycles. The van der Waals surface area contributed by atoms with Crippen LogP contribution in [-0.4, -0.2) is 14.6 Å². The van der Waals surface area contributed by atoms with Crippen molar-refractivity contribution in [2.24, 2.45) is 0 Å². The first-order valence-electron chi connectivity index (χ1n) is 20.1. The second kappa shape index (κ2) is 13.8. The molecular formula is C52H44Cl2SnZr. The van der Waals surface area contributed by atoms with Crippen LogP contribution in [0.3, 0.4) is 0 Å². The molecule has 56 heavy (non-hydrogen) atoms. The fourth-order valence-electron chi connectivity index (χ4n) is 10.6. The van der Waals surface area contributed by atoms with E-state index >= 15 is 0 Å². The van der Waals surface area contributed by atoms with E-state index < -0.39 is 26.1 Å². The molecule has 0 bridgehead atoms. The van der Waals surface area contributed by atoms with Crippen molar-refractivity contribution in [1.29, 1.82) is 0 Å². The molecule has 2 atom stereocenters. The molecule has 0 spiro atoms. The van der Waals surface area contributed by atoms with Crippen molar-refractivity contribution in [1.82, 2.24) is 0 Å². The normalized spacial score (nSPS) is 16.7. The molecule has 0 saturated carbocycles. The summed E-state index contributed by atoms with van der Waals surface area (Å²) in [5.41, 5.74) is 13.3. The fourth-order valence-corrected chi connectivity index (χ4v) is 60.1. The average molecular weight is 950 g/mol. The molecule has 0 fully saturated rings. The third-order valence-electron chi connectivity index (χ3n) is 13.2.